The lowest BCUT2D eigenvalue weighted by molar-refractivity contribution is -0.137. The molecule has 40 heavy (non-hydrogen) atoms. The number of hydrogen-bond donors (Lipinski definition) is 0. The molecule has 0 radical (unpaired) electrons. The van der Waals surface area contributed by atoms with Crippen LogP contribution in [0.25, 0.3) is 11.1 Å². The van der Waals surface area contributed by atoms with Crippen LogP contribution in [-0.4, -0.2) is 52.7 Å². The van der Waals surface area contributed by atoms with Gasteiger partial charge < -0.3 is 19.1 Å². The molecule has 206 valence electrons. The molecule has 1 fully saturated rings. The lowest BCUT2D eigenvalue weighted by atomic mass is 9.96. The number of nitrogens with zero attached hydrogens (tertiary/aromatic N) is 4. The number of thiazole rings is 1. The molecule has 0 N–H and O–H groups in total. The van der Waals surface area contributed by atoms with Crippen LogP contribution in [0.3, 0.4) is 0 Å². The van der Waals surface area contributed by atoms with Crippen molar-refractivity contribution in [1.82, 2.24) is 19.8 Å². The molecule has 9 heteroatoms. The van der Waals surface area contributed by atoms with Crippen molar-refractivity contribution in [2.45, 2.75) is 38.4 Å². The molecule has 6 rings (SSSR count). The number of carbonyl (C=O) groups excluding carboxylic acids is 1. The van der Waals surface area contributed by atoms with Crippen molar-refractivity contribution >= 4 is 17.2 Å². The minimum atomic E-state index is -0.0110. The van der Waals surface area contributed by atoms with Crippen LogP contribution in [0, 0.1) is 0 Å². The van der Waals surface area contributed by atoms with E-state index in [0.717, 1.165) is 71.8 Å². The van der Waals surface area contributed by atoms with Gasteiger partial charge in [0, 0.05) is 43.0 Å². The van der Waals surface area contributed by atoms with E-state index in [2.05, 4.69) is 39.4 Å². The lowest BCUT2D eigenvalue weighted by Gasteiger charge is -2.36. The smallest absolute Gasteiger partial charge is 0.261 e. The van der Waals surface area contributed by atoms with E-state index in [1.807, 2.05) is 53.0 Å². The van der Waals surface area contributed by atoms with Crippen LogP contribution < -0.4 is 14.2 Å². The molecular weight excluding hydrogens is 524 g/mol. The third-order valence-corrected chi connectivity index (χ3v) is 8.00. The van der Waals surface area contributed by atoms with Crippen LogP contribution in [0.1, 0.15) is 42.1 Å². The second kappa shape index (κ2) is 12.1. The molecule has 1 saturated heterocycles. The number of ether oxygens (including phenoxy) is 3. The van der Waals surface area contributed by atoms with Crippen molar-refractivity contribution in [3.8, 4) is 28.4 Å². The summed E-state index contributed by atoms with van der Waals surface area (Å²) in [6, 6.07) is 16.1. The standard InChI is InChI=1S/C31H32N4O4S/c1-34(17-26-19-40-20-33-26)16-25-13-22(23-8-10-29-30(14-23)39-21-38-29)7-9-28(25)37-18-31(36)35-12-3-2-6-27(35)24-5-4-11-32-15-24/h4-5,7-11,13-15,19-20,27H,2-3,6,12,16-18,21H2,1H3/t27-/m1/s1. The van der Waals surface area contributed by atoms with Gasteiger partial charge in [-0.1, -0.05) is 18.2 Å². The first-order chi connectivity index (χ1) is 19.6. The van der Waals surface area contributed by atoms with Gasteiger partial charge in [-0.25, -0.2) is 4.98 Å². The summed E-state index contributed by atoms with van der Waals surface area (Å²) in [7, 11) is 2.06. The number of likely N-dealkylation sites (tertiary alicyclic amines) is 1. The van der Waals surface area contributed by atoms with Crippen LogP contribution in [0.5, 0.6) is 17.2 Å². The molecule has 2 aromatic heterocycles. The zero-order chi connectivity index (χ0) is 27.3. The Morgan fingerprint density at radius 3 is 2.83 bits per heavy atom. The summed E-state index contributed by atoms with van der Waals surface area (Å²) >= 11 is 1.59. The molecule has 8 nitrogen and oxygen atoms in total. The van der Waals surface area contributed by atoms with E-state index < -0.39 is 0 Å². The predicted octanol–water partition coefficient (Wildman–Crippen LogP) is 5.70. The van der Waals surface area contributed by atoms with Gasteiger partial charge in [0.2, 0.25) is 6.79 Å². The van der Waals surface area contributed by atoms with E-state index in [1.54, 1.807) is 17.5 Å². The Morgan fingerprint density at radius 2 is 1.98 bits per heavy atom. The molecule has 2 aromatic carbocycles. The molecule has 2 aliphatic heterocycles. The quantitative estimate of drug-likeness (QED) is 0.262. The zero-order valence-electron chi connectivity index (χ0n) is 22.5. The Kier molecular flexibility index (Phi) is 7.92. The third-order valence-electron chi connectivity index (χ3n) is 7.37. The van der Waals surface area contributed by atoms with Crippen LogP contribution in [0.4, 0.5) is 0 Å². The van der Waals surface area contributed by atoms with Gasteiger partial charge in [-0.2, -0.15) is 0 Å². The summed E-state index contributed by atoms with van der Waals surface area (Å²) in [5.74, 6) is 2.20. The molecule has 0 bridgehead atoms. The van der Waals surface area contributed by atoms with Crippen molar-refractivity contribution in [3.05, 3.63) is 88.6 Å². The number of pyridine rings is 1. The van der Waals surface area contributed by atoms with Gasteiger partial charge in [0.15, 0.2) is 18.1 Å². The Morgan fingerprint density at radius 1 is 1.10 bits per heavy atom. The third kappa shape index (κ3) is 5.95. The maximum absolute atomic E-state index is 13.4. The van der Waals surface area contributed by atoms with Crippen LogP contribution in [0.15, 0.2) is 71.8 Å². The second-order valence-electron chi connectivity index (χ2n) is 10.2. The molecule has 1 atom stereocenters. The number of benzene rings is 2. The molecular formula is C31H32N4O4S. The highest BCUT2D eigenvalue weighted by Crippen LogP contribution is 2.37. The monoisotopic (exact) mass is 556 g/mol. The fraction of sp³-hybridized carbons (Fsp3) is 0.323. The largest absolute Gasteiger partial charge is 0.483 e. The Labute approximate surface area is 238 Å². The van der Waals surface area contributed by atoms with Gasteiger partial charge in [0.05, 0.1) is 17.2 Å². The highest BCUT2D eigenvalue weighted by atomic mass is 32.1. The first kappa shape index (κ1) is 26.3. The van der Waals surface area contributed by atoms with Gasteiger partial charge in [0.1, 0.15) is 5.75 Å². The lowest BCUT2D eigenvalue weighted by Crippen LogP contribution is -2.41. The van der Waals surface area contributed by atoms with Crippen LogP contribution in [-0.2, 0) is 17.9 Å². The SMILES string of the molecule is CN(Cc1cscn1)Cc1cc(-c2ccc3c(c2)OCO3)ccc1OCC(=O)N1CCCC[C@@H]1c1cccnc1. The summed E-state index contributed by atoms with van der Waals surface area (Å²) in [5.41, 5.74) is 7.03. The van der Waals surface area contributed by atoms with Crippen molar-refractivity contribution in [3.63, 3.8) is 0 Å². The number of amides is 1. The van der Waals surface area contributed by atoms with Gasteiger partial charge in [-0.15, -0.1) is 11.3 Å². The summed E-state index contributed by atoms with van der Waals surface area (Å²) in [5, 5.41) is 2.06. The first-order valence-corrected chi connectivity index (χ1v) is 14.5. The van der Waals surface area contributed by atoms with Crippen molar-refractivity contribution in [1.29, 1.82) is 0 Å². The van der Waals surface area contributed by atoms with Gasteiger partial charge >= 0.3 is 0 Å². The Bertz CT molecular complexity index is 1450. The van der Waals surface area contributed by atoms with E-state index in [0.29, 0.717) is 12.3 Å². The Balaban J connectivity index is 1.22. The average molecular weight is 557 g/mol. The fourth-order valence-electron chi connectivity index (χ4n) is 5.41. The number of carbonyl (C=O) groups is 1. The first-order valence-electron chi connectivity index (χ1n) is 13.5. The molecule has 4 aromatic rings. The Hall–Kier alpha value is -3.95. The fourth-order valence-corrected chi connectivity index (χ4v) is 5.96. The van der Waals surface area contributed by atoms with Crippen molar-refractivity contribution < 1.29 is 19.0 Å². The molecule has 0 spiro atoms. The van der Waals surface area contributed by atoms with Crippen LogP contribution in [0.2, 0.25) is 0 Å². The summed E-state index contributed by atoms with van der Waals surface area (Å²) in [6.07, 6.45) is 6.67. The topological polar surface area (TPSA) is 77.0 Å². The summed E-state index contributed by atoms with van der Waals surface area (Å²) in [4.78, 5) is 26.3. The average Bonchev–Trinajstić information content (AvgIpc) is 3.68. The van der Waals surface area contributed by atoms with E-state index in [4.69, 9.17) is 14.2 Å². The highest BCUT2D eigenvalue weighted by molar-refractivity contribution is 7.07. The summed E-state index contributed by atoms with van der Waals surface area (Å²) < 4.78 is 17.3. The summed E-state index contributed by atoms with van der Waals surface area (Å²) in [6.45, 7) is 2.32. The van der Waals surface area contributed by atoms with Crippen molar-refractivity contribution in [2.75, 3.05) is 27.0 Å². The number of piperidine rings is 1. The normalized spacial score (nSPS) is 16.4. The minimum absolute atomic E-state index is 0.00446. The molecule has 0 unspecified atom stereocenters. The van der Waals surface area contributed by atoms with E-state index in [9.17, 15) is 4.79 Å². The minimum Gasteiger partial charge on any atom is -0.483 e. The van der Waals surface area contributed by atoms with E-state index in [1.165, 1.54) is 0 Å². The van der Waals surface area contributed by atoms with Crippen LogP contribution >= 0.6 is 11.3 Å². The predicted molar refractivity (Wildman–Crippen MR) is 153 cm³/mol. The number of hydrogen-bond acceptors (Lipinski definition) is 8. The highest BCUT2D eigenvalue weighted by Gasteiger charge is 2.28. The number of fused-ring (bicyclic) bond motifs is 1. The van der Waals surface area contributed by atoms with E-state index >= 15 is 0 Å². The molecule has 0 saturated carbocycles. The van der Waals surface area contributed by atoms with Gasteiger partial charge in [-0.05, 0) is 73.3 Å². The number of aromatic nitrogens is 2. The van der Waals surface area contributed by atoms with Gasteiger partial charge in [-0.3, -0.25) is 14.7 Å². The zero-order valence-corrected chi connectivity index (χ0v) is 23.3. The maximum atomic E-state index is 13.4. The maximum Gasteiger partial charge on any atom is 0.261 e. The van der Waals surface area contributed by atoms with Crippen molar-refractivity contribution in [2.24, 2.45) is 0 Å². The second-order valence-corrected chi connectivity index (χ2v) is 10.9. The molecule has 4 heterocycles. The number of rotatable bonds is 9. The van der Waals surface area contributed by atoms with E-state index in [-0.39, 0.29) is 25.3 Å². The molecule has 1 amide bonds. The molecule has 2 aliphatic rings. The van der Waals surface area contributed by atoms with Gasteiger partial charge in [0.25, 0.3) is 5.91 Å². The molecule has 0 aliphatic carbocycles.